The number of hydrogen-bond donors (Lipinski definition) is 0. The minimum absolute atomic E-state index is 0.134. The van der Waals surface area contributed by atoms with Gasteiger partial charge in [0.25, 0.3) is 5.91 Å². The minimum Gasteiger partial charge on any atom is -0.336 e. The van der Waals surface area contributed by atoms with Crippen molar-refractivity contribution in [3.8, 4) is 0 Å². The Balaban J connectivity index is 1.73. The van der Waals surface area contributed by atoms with Gasteiger partial charge in [-0.3, -0.25) is 9.59 Å². The molecule has 2 amide bonds. The lowest BCUT2D eigenvalue weighted by molar-refractivity contribution is -0.137. The highest BCUT2D eigenvalue weighted by atomic mass is 19.4. The number of carbonyl (C=O) groups is 2. The van der Waals surface area contributed by atoms with Crippen molar-refractivity contribution in [3.05, 3.63) is 65.7 Å². The van der Waals surface area contributed by atoms with E-state index in [1.165, 1.54) is 22.0 Å². The summed E-state index contributed by atoms with van der Waals surface area (Å²) in [6, 6.07) is 13.5. The summed E-state index contributed by atoms with van der Waals surface area (Å²) in [5.74, 6) is -0.568. The molecule has 0 bridgehead atoms. The number of rotatable bonds is 4. The van der Waals surface area contributed by atoms with E-state index in [4.69, 9.17) is 0 Å². The molecule has 3 rings (SSSR count). The predicted molar refractivity (Wildman–Crippen MR) is 98.5 cm³/mol. The first kappa shape index (κ1) is 19.6. The Hall–Kier alpha value is -3.16. The first-order valence-corrected chi connectivity index (χ1v) is 8.63. The van der Waals surface area contributed by atoms with Crippen LogP contribution in [0, 0.1) is 0 Å². The van der Waals surface area contributed by atoms with Crippen molar-refractivity contribution in [3.63, 3.8) is 0 Å². The number of hydrogen-bond acceptors (Lipinski definition) is 3. The maximum atomic E-state index is 12.7. The Labute approximate surface area is 160 Å². The first-order valence-electron chi connectivity index (χ1n) is 8.63. The molecule has 0 saturated heterocycles. The molecule has 0 fully saturated rings. The van der Waals surface area contributed by atoms with Gasteiger partial charge in [0.2, 0.25) is 5.91 Å². The SMILES string of the molecule is CN(Cc1ccc(C(F)(F)F)cc1)C(=O)C1=NN(c2ccccc2)C(=O)CC1. The number of benzene rings is 2. The average molecular weight is 389 g/mol. The Morgan fingerprint density at radius 2 is 1.71 bits per heavy atom. The Morgan fingerprint density at radius 3 is 2.32 bits per heavy atom. The molecule has 5 nitrogen and oxygen atoms in total. The summed E-state index contributed by atoms with van der Waals surface area (Å²) in [5, 5.41) is 5.41. The molecule has 0 N–H and O–H groups in total. The van der Waals surface area contributed by atoms with Gasteiger partial charge in [0.15, 0.2) is 0 Å². The number of alkyl halides is 3. The molecule has 8 heteroatoms. The molecule has 0 unspecified atom stereocenters. The van der Waals surface area contributed by atoms with Gasteiger partial charge in [-0.25, -0.2) is 5.01 Å². The maximum absolute atomic E-state index is 12.7. The van der Waals surface area contributed by atoms with Crippen LogP contribution in [0.1, 0.15) is 24.0 Å². The molecule has 2 aromatic carbocycles. The van der Waals surface area contributed by atoms with Gasteiger partial charge in [0.05, 0.1) is 11.3 Å². The molecule has 1 aliphatic heterocycles. The lowest BCUT2D eigenvalue weighted by Crippen LogP contribution is -2.39. The molecule has 1 aliphatic rings. The molecule has 1 heterocycles. The second kappa shape index (κ2) is 7.84. The van der Waals surface area contributed by atoms with Crippen LogP contribution in [0.15, 0.2) is 59.7 Å². The van der Waals surface area contributed by atoms with E-state index in [1.807, 2.05) is 6.07 Å². The highest BCUT2D eigenvalue weighted by Crippen LogP contribution is 2.29. The minimum atomic E-state index is -4.40. The van der Waals surface area contributed by atoms with E-state index in [2.05, 4.69) is 5.10 Å². The second-order valence-corrected chi connectivity index (χ2v) is 6.44. The summed E-state index contributed by atoms with van der Waals surface area (Å²) in [7, 11) is 1.55. The van der Waals surface area contributed by atoms with Gasteiger partial charge < -0.3 is 4.90 Å². The first-order chi connectivity index (χ1) is 13.3. The number of halogens is 3. The monoisotopic (exact) mass is 389 g/mol. The standard InChI is InChI=1S/C20H18F3N3O2/c1-25(13-14-7-9-15(10-8-14)20(21,22)23)19(28)17-11-12-18(27)26(24-17)16-5-3-2-4-6-16/h2-10H,11-13H2,1H3. The zero-order chi connectivity index (χ0) is 20.3. The van der Waals surface area contributed by atoms with E-state index >= 15 is 0 Å². The number of nitrogens with zero attached hydrogens (tertiary/aromatic N) is 3. The Bertz CT molecular complexity index is 893. The lowest BCUT2D eigenvalue weighted by Gasteiger charge is -2.25. The summed E-state index contributed by atoms with van der Waals surface area (Å²) in [5.41, 5.74) is 0.635. The van der Waals surface area contributed by atoms with Crippen molar-refractivity contribution in [1.82, 2.24) is 4.90 Å². The van der Waals surface area contributed by atoms with Crippen LogP contribution in [0.3, 0.4) is 0 Å². The molecule has 0 saturated carbocycles. The molecule has 0 aromatic heterocycles. The van der Waals surface area contributed by atoms with Gasteiger partial charge in [-0.1, -0.05) is 30.3 Å². The number of hydrazone groups is 1. The third-order valence-electron chi connectivity index (χ3n) is 4.33. The van der Waals surface area contributed by atoms with Gasteiger partial charge in [-0.05, 0) is 29.8 Å². The fraction of sp³-hybridized carbons (Fsp3) is 0.250. The van der Waals surface area contributed by atoms with Gasteiger partial charge in [-0.2, -0.15) is 18.3 Å². The third kappa shape index (κ3) is 4.39. The van der Waals surface area contributed by atoms with E-state index in [0.717, 1.165) is 12.1 Å². The normalized spacial score (nSPS) is 14.6. The lowest BCUT2D eigenvalue weighted by atomic mass is 10.1. The Morgan fingerprint density at radius 1 is 1.07 bits per heavy atom. The fourth-order valence-electron chi connectivity index (χ4n) is 2.84. The molecule has 146 valence electrons. The number of anilines is 1. The van der Waals surface area contributed by atoms with E-state index in [0.29, 0.717) is 11.3 Å². The van der Waals surface area contributed by atoms with Crippen LogP contribution in [0.4, 0.5) is 18.9 Å². The van der Waals surface area contributed by atoms with Crippen molar-refractivity contribution in [2.75, 3.05) is 12.1 Å². The number of amides is 2. The second-order valence-electron chi connectivity index (χ2n) is 6.44. The quantitative estimate of drug-likeness (QED) is 0.798. The van der Waals surface area contributed by atoms with Crippen LogP contribution in [-0.4, -0.2) is 29.5 Å². The molecule has 2 aromatic rings. The molecule has 0 radical (unpaired) electrons. The zero-order valence-electron chi connectivity index (χ0n) is 15.1. The highest BCUT2D eigenvalue weighted by molar-refractivity contribution is 6.40. The number of carbonyl (C=O) groups excluding carboxylic acids is 2. The summed E-state index contributed by atoms with van der Waals surface area (Å²) in [6.07, 6.45) is -4.02. The molecular formula is C20H18F3N3O2. The van der Waals surface area contributed by atoms with Crippen molar-refractivity contribution >= 4 is 23.2 Å². The van der Waals surface area contributed by atoms with E-state index < -0.39 is 11.7 Å². The van der Waals surface area contributed by atoms with E-state index in [1.54, 1.807) is 31.3 Å². The van der Waals surface area contributed by atoms with E-state index in [-0.39, 0.29) is 36.9 Å². The van der Waals surface area contributed by atoms with Crippen LogP contribution in [0.5, 0.6) is 0 Å². The van der Waals surface area contributed by atoms with Crippen molar-refractivity contribution < 1.29 is 22.8 Å². The molecule has 0 spiro atoms. The fourth-order valence-corrected chi connectivity index (χ4v) is 2.84. The van der Waals surface area contributed by atoms with Crippen LogP contribution in [0.25, 0.3) is 0 Å². The predicted octanol–water partition coefficient (Wildman–Crippen LogP) is 3.85. The van der Waals surface area contributed by atoms with Crippen molar-refractivity contribution in [1.29, 1.82) is 0 Å². The van der Waals surface area contributed by atoms with Gasteiger partial charge >= 0.3 is 6.18 Å². The van der Waals surface area contributed by atoms with Gasteiger partial charge in [0.1, 0.15) is 5.71 Å². The van der Waals surface area contributed by atoms with Crippen LogP contribution < -0.4 is 5.01 Å². The van der Waals surface area contributed by atoms with Crippen molar-refractivity contribution in [2.45, 2.75) is 25.6 Å². The van der Waals surface area contributed by atoms with Crippen LogP contribution in [-0.2, 0) is 22.3 Å². The van der Waals surface area contributed by atoms with Crippen LogP contribution >= 0.6 is 0 Å². The molecule has 0 atom stereocenters. The summed E-state index contributed by atoms with van der Waals surface area (Å²) < 4.78 is 37.9. The Kier molecular flexibility index (Phi) is 5.48. The molecule has 0 aliphatic carbocycles. The third-order valence-corrected chi connectivity index (χ3v) is 4.33. The smallest absolute Gasteiger partial charge is 0.336 e. The number of para-hydroxylation sites is 1. The van der Waals surface area contributed by atoms with Gasteiger partial charge in [-0.15, -0.1) is 0 Å². The highest BCUT2D eigenvalue weighted by Gasteiger charge is 2.30. The molecule has 28 heavy (non-hydrogen) atoms. The summed E-state index contributed by atoms with van der Waals surface area (Å²) in [6.45, 7) is 0.134. The maximum Gasteiger partial charge on any atom is 0.416 e. The van der Waals surface area contributed by atoms with Crippen LogP contribution in [0.2, 0.25) is 0 Å². The average Bonchev–Trinajstić information content (AvgIpc) is 2.68. The van der Waals surface area contributed by atoms with Crippen molar-refractivity contribution in [2.24, 2.45) is 5.10 Å². The summed E-state index contributed by atoms with van der Waals surface area (Å²) in [4.78, 5) is 26.2. The zero-order valence-corrected chi connectivity index (χ0v) is 15.1. The topological polar surface area (TPSA) is 53.0 Å². The molecular weight excluding hydrogens is 371 g/mol. The van der Waals surface area contributed by atoms with Gasteiger partial charge in [0, 0.05) is 26.4 Å². The van der Waals surface area contributed by atoms with E-state index in [9.17, 15) is 22.8 Å². The largest absolute Gasteiger partial charge is 0.416 e. The summed E-state index contributed by atoms with van der Waals surface area (Å²) >= 11 is 0.